The van der Waals surface area contributed by atoms with Crippen molar-refractivity contribution in [3.8, 4) is 6.07 Å². The molecule has 0 heterocycles. The third-order valence-electron chi connectivity index (χ3n) is 3.03. The molecule has 1 rings (SSSR count). The van der Waals surface area contributed by atoms with Gasteiger partial charge in [-0.15, -0.1) is 0 Å². The Balaban J connectivity index is 3.31. The van der Waals surface area contributed by atoms with E-state index in [9.17, 15) is 9.65 Å². The van der Waals surface area contributed by atoms with E-state index in [1.165, 1.54) is 6.07 Å². The van der Waals surface area contributed by atoms with Crippen LogP contribution in [-0.2, 0) is 5.41 Å². The van der Waals surface area contributed by atoms with Crippen LogP contribution < -0.4 is 0 Å². The van der Waals surface area contributed by atoms with E-state index < -0.39 is 11.2 Å². The van der Waals surface area contributed by atoms with Crippen molar-refractivity contribution in [3.63, 3.8) is 0 Å². The van der Waals surface area contributed by atoms with Gasteiger partial charge in [0.2, 0.25) is 0 Å². The summed E-state index contributed by atoms with van der Waals surface area (Å²) in [5, 5.41) is 9.54. The molecule has 0 aliphatic rings. The van der Waals surface area contributed by atoms with Gasteiger partial charge in [0.25, 0.3) is 0 Å². The first-order valence-corrected chi connectivity index (χ1v) is 6.34. The molecule has 0 saturated carbocycles. The molecule has 92 valence electrons. The van der Waals surface area contributed by atoms with E-state index in [0.29, 0.717) is 18.4 Å². The maximum atomic E-state index is 14.0. The number of hydrogen-bond donors (Lipinski definition) is 0. The molecule has 0 radical (unpaired) electrons. The minimum absolute atomic E-state index is 0.0920. The standard InChI is InChI=1S/C14H17ClFN/c1-3-8-14(10-17,9-4-2)11-6-5-7-12(15)13(11)16/h5-7H,3-4,8-9H2,1-2H3. The van der Waals surface area contributed by atoms with Crippen molar-refractivity contribution in [2.45, 2.75) is 44.9 Å². The molecule has 1 aromatic carbocycles. The molecule has 0 amide bonds. The van der Waals surface area contributed by atoms with Crippen LogP contribution in [0.25, 0.3) is 0 Å². The minimum atomic E-state index is -0.738. The zero-order valence-corrected chi connectivity index (χ0v) is 11.0. The molecule has 3 heteroatoms. The number of halogens is 2. The molecule has 1 aromatic rings. The van der Waals surface area contributed by atoms with E-state index in [1.807, 2.05) is 13.8 Å². The predicted octanol–water partition coefficient (Wildman–Crippen LogP) is 4.84. The normalized spacial score (nSPS) is 11.2. The Kier molecular flexibility index (Phi) is 4.96. The van der Waals surface area contributed by atoms with Crippen LogP contribution in [0.4, 0.5) is 4.39 Å². The lowest BCUT2D eigenvalue weighted by atomic mass is 9.74. The van der Waals surface area contributed by atoms with Gasteiger partial charge in [-0.2, -0.15) is 5.26 Å². The maximum absolute atomic E-state index is 14.0. The van der Waals surface area contributed by atoms with Crippen molar-refractivity contribution >= 4 is 11.6 Å². The lowest BCUT2D eigenvalue weighted by Gasteiger charge is -2.27. The summed E-state index contributed by atoms with van der Waals surface area (Å²) in [6.45, 7) is 4.01. The predicted molar refractivity (Wildman–Crippen MR) is 68.5 cm³/mol. The van der Waals surface area contributed by atoms with Crippen molar-refractivity contribution in [1.29, 1.82) is 5.26 Å². The van der Waals surface area contributed by atoms with E-state index in [-0.39, 0.29) is 5.02 Å². The van der Waals surface area contributed by atoms with E-state index >= 15 is 0 Å². The summed E-state index contributed by atoms with van der Waals surface area (Å²) in [5.74, 6) is -0.447. The molecule has 0 atom stereocenters. The van der Waals surface area contributed by atoms with Gasteiger partial charge in [-0.05, 0) is 18.9 Å². The van der Waals surface area contributed by atoms with Gasteiger partial charge in [-0.1, -0.05) is 50.4 Å². The van der Waals surface area contributed by atoms with Crippen LogP contribution in [0.3, 0.4) is 0 Å². The highest BCUT2D eigenvalue weighted by Gasteiger charge is 2.33. The second-order valence-electron chi connectivity index (χ2n) is 4.30. The Labute approximate surface area is 107 Å². The summed E-state index contributed by atoms with van der Waals surface area (Å²) < 4.78 is 14.0. The molecular formula is C14H17ClFN. The molecule has 0 spiro atoms. The topological polar surface area (TPSA) is 23.8 Å². The zero-order chi connectivity index (χ0) is 12.9. The van der Waals surface area contributed by atoms with Crippen molar-refractivity contribution in [2.24, 2.45) is 0 Å². The van der Waals surface area contributed by atoms with Gasteiger partial charge < -0.3 is 0 Å². The van der Waals surface area contributed by atoms with E-state index in [2.05, 4.69) is 6.07 Å². The Morgan fingerprint density at radius 1 is 1.29 bits per heavy atom. The van der Waals surface area contributed by atoms with Crippen molar-refractivity contribution in [1.82, 2.24) is 0 Å². The fraction of sp³-hybridized carbons (Fsp3) is 0.500. The first kappa shape index (κ1) is 14.0. The Bertz CT molecular complexity index is 417. The van der Waals surface area contributed by atoms with Crippen LogP contribution in [0.2, 0.25) is 5.02 Å². The highest BCUT2D eigenvalue weighted by Crippen LogP contribution is 2.37. The maximum Gasteiger partial charge on any atom is 0.146 e. The summed E-state index contributed by atoms with van der Waals surface area (Å²) >= 11 is 5.79. The fourth-order valence-electron chi connectivity index (χ4n) is 2.29. The molecule has 1 nitrogen and oxygen atoms in total. The fourth-order valence-corrected chi connectivity index (χ4v) is 2.47. The largest absolute Gasteiger partial charge is 0.205 e. The Hall–Kier alpha value is -1.07. The van der Waals surface area contributed by atoms with E-state index in [0.717, 1.165) is 12.8 Å². The smallest absolute Gasteiger partial charge is 0.146 e. The van der Waals surface area contributed by atoms with Gasteiger partial charge >= 0.3 is 0 Å². The first-order chi connectivity index (χ1) is 8.11. The molecule has 0 aromatic heterocycles. The van der Waals surface area contributed by atoms with Crippen LogP contribution in [-0.4, -0.2) is 0 Å². The van der Waals surface area contributed by atoms with Crippen molar-refractivity contribution in [3.05, 3.63) is 34.6 Å². The monoisotopic (exact) mass is 253 g/mol. The highest BCUT2D eigenvalue weighted by molar-refractivity contribution is 6.30. The molecule has 0 bridgehead atoms. The second kappa shape index (κ2) is 6.02. The molecule has 0 saturated heterocycles. The van der Waals surface area contributed by atoms with Gasteiger partial charge in [0, 0.05) is 5.56 Å². The third kappa shape index (κ3) is 2.79. The first-order valence-electron chi connectivity index (χ1n) is 5.97. The van der Waals surface area contributed by atoms with Gasteiger partial charge in [0.05, 0.1) is 16.5 Å². The van der Waals surface area contributed by atoms with Crippen LogP contribution in [0, 0.1) is 17.1 Å². The number of rotatable bonds is 5. The average molecular weight is 254 g/mol. The van der Waals surface area contributed by atoms with E-state index in [1.54, 1.807) is 12.1 Å². The SMILES string of the molecule is CCCC(C#N)(CCC)c1cccc(Cl)c1F. The Morgan fingerprint density at radius 2 is 1.88 bits per heavy atom. The lowest BCUT2D eigenvalue weighted by molar-refractivity contribution is 0.431. The zero-order valence-electron chi connectivity index (χ0n) is 10.3. The average Bonchev–Trinajstić information content (AvgIpc) is 2.32. The summed E-state index contributed by atoms with van der Waals surface area (Å²) in [5.41, 5.74) is -0.297. The number of benzene rings is 1. The van der Waals surface area contributed by atoms with Crippen LogP contribution in [0.1, 0.15) is 45.1 Å². The molecular weight excluding hydrogens is 237 g/mol. The minimum Gasteiger partial charge on any atom is -0.205 e. The molecule has 17 heavy (non-hydrogen) atoms. The Morgan fingerprint density at radius 3 is 2.35 bits per heavy atom. The summed E-state index contributed by atoms with van der Waals surface area (Å²) in [6.07, 6.45) is 3.02. The molecule has 0 aliphatic heterocycles. The molecule has 0 aliphatic carbocycles. The number of nitrogens with zero attached hydrogens (tertiary/aromatic N) is 1. The lowest BCUT2D eigenvalue weighted by Crippen LogP contribution is -2.25. The van der Waals surface area contributed by atoms with E-state index in [4.69, 9.17) is 11.6 Å². The summed E-state index contributed by atoms with van der Waals surface area (Å²) in [4.78, 5) is 0. The summed E-state index contributed by atoms with van der Waals surface area (Å²) in [6, 6.07) is 7.20. The van der Waals surface area contributed by atoms with Crippen molar-refractivity contribution in [2.75, 3.05) is 0 Å². The van der Waals surface area contributed by atoms with Crippen LogP contribution >= 0.6 is 11.6 Å². The molecule has 0 fully saturated rings. The summed E-state index contributed by atoms with van der Waals surface area (Å²) in [7, 11) is 0. The number of hydrogen-bond acceptors (Lipinski definition) is 1. The number of nitriles is 1. The van der Waals surface area contributed by atoms with Crippen LogP contribution in [0.15, 0.2) is 18.2 Å². The van der Waals surface area contributed by atoms with Gasteiger partial charge in [0.1, 0.15) is 5.82 Å². The second-order valence-corrected chi connectivity index (χ2v) is 4.70. The molecule has 0 unspecified atom stereocenters. The highest BCUT2D eigenvalue weighted by atomic mass is 35.5. The third-order valence-corrected chi connectivity index (χ3v) is 3.33. The van der Waals surface area contributed by atoms with Crippen LogP contribution in [0.5, 0.6) is 0 Å². The van der Waals surface area contributed by atoms with Crippen molar-refractivity contribution < 1.29 is 4.39 Å². The van der Waals surface area contributed by atoms with Gasteiger partial charge in [-0.25, -0.2) is 4.39 Å². The van der Waals surface area contributed by atoms with Gasteiger partial charge in [-0.3, -0.25) is 0 Å². The molecule has 0 N–H and O–H groups in total. The quantitative estimate of drug-likeness (QED) is 0.737. The van der Waals surface area contributed by atoms with Gasteiger partial charge in [0.15, 0.2) is 0 Å².